The number of benzene rings is 2. The maximum Gasteiger partial charge on any atom is 0.340 e. The first kappa shape index (κ1) is 22.0. The number of aromatic nitrogens is 1. The van der Waals surface area contributed by atoms with Gasteiger partial charge in [-0.15, -0.1) is 0 Å². The van der Waals surface area contributed by atoms with Gasteiger partial charge in [-0.25, -0.2) is 4.79 Å². The normalized spacial score (nSPS) is 11.6. The van der Waals surface area contributed by atoms with Crippen molar-refractivity contribution in [1.29, 1.82) is 0 Å². The van der Waals surface area contributed by atoms with E-state index in [0.717, 1.165) is 22.6 Å². The molecule has 0 aliphatic carbocycles. The van der Waals surface area contributed by atoms with E-state index >= 15 is 0 Å². The molecule has 0 saturated carbocycles. The van der Waals surface area contributed by atoms with Gasteiger partial charge in [0.1, 0.15) is 0 Å². The van der Waals surface area contributed by atoms with Gasteiger partial charge in [0.15, 0.2) is 12.4 Å². The van der Waals surface area contributed by atoms with Crippen LogP contribution in [0, 0.1) is 13.8 Å². The summed E-state index contributed by atoms with van der Waals surface area (Å²) in [5, 5.41) is 2.66. The Morgan fingerprint density at radius 1 is 0.968 bits per heavy atom. The molecule has 6 nitrogen and oxygen atoms in total. The number of Topliss-reactive ketones (excluding diaryl/α,β-unsaturated/α-hetero) is 1. The zero-order valence-electron chi connectivity index (χ0n) is 17.9. The Bertz CT molecular complexity index is 1070. The zero-order chi connectivity index (χ0) is 22.4. The lowest BCUT2D eigenvalue weighted by Gasteiger charge is -2.16. The Morgan fingerprint density at radius 2 is 1.58 bits per heavy atom. The summed E-state index contributed by atoms with van der Waals surface area (Å²) in [6.45, 7) is 4.72. The number of hydrogen-bond donors (Lipinski definition) is 1. The molecule has 0 bridgehead atoms. The Morgan fingerprint density at radius 3 is 2.19 bits per heavy atom. The molecule has 6 heteroatoms. The van der Waals surface area contributed by atoms with E-state index in [2.05, 4.69) is 5.32 Å². The molecule has 1 aromatic heterocycles. The van der Waals surface area contributed by atoms with E-state index in [0.29, 0.717) is 12.0 Å². The Hall–Kier alpha value is -3.67. The fraction of sp³-hybridized carbons (Fsp3) is 0.240. The van der Waals surface area contributed by atoms with E-state index < -0.39 is 24.5 Å². The highest BCUT2D eigenvalue weighted by molar-refractivity contribution is 5.94. The van der Waals surface area contributed by atoms with Gasteiger partial charge in [-0.05, 0) is 51.0 Å². The molecule has 0 aliphatic heterocycles. The first-order valence-corrected chi connectivity index (χ1v) is 10.1. The van der Waals surface area contributed by atoms with Gasteiger partial charge >= 0.3 is 5.97 Å². The van der Waals surface area contributed by atoms with Gasteiger partial charge in [-0.3, -0.25) is 9.59 Å². The molecule has 0 radical (unpaired) electrons. The predicted octanol–water partition coefficient (Wildman–Crippen LogP) is 3.57. The third kappa shape index (κ3) is 5.48. The number of nitrogens with zero attached hydrogens (tertiary/aromatic N) is 1. The Balaban J connectivity index is 1.62. The maximum absolute atomic E-state index is 12.6. The summed E-state index contributed by atoms with van der Waals surface area (Å²) in [4.78, 5) is 36.8. The molecule has 0 saturated heterocycles. The molecule has 3 rings (SSSR count). The average molecular weight is 418 g/mol. The van der Waals surface area contributed by atoms with Crippen molar-refractivity contribution in [1.82, 2.24) is 9.88 Å². The lowest BCUT2D eigenvalue weighted by Crippen LogP contribution is -2.43. The minimum Gasteiger partial charge on any atom is -0.452 e. The zero-order valence-corrected chi connectivity index (χ0v) is 17.9. The quantitative estimate of drug-likeness (QED) is 0.568. The molecule has 0 unspecified atom stereocenters. The van der Waals surface area contributed by atoms with Crippen molar-refractivity contribution >= 4 is 17.7 Å². The van der Waals surface area contributed by atoms with Crippen molar-refractivity contribution < 1.29 is 19.1 Å². The van der Waals surface area contributed by atoms with Crippen LogP contribution in [0.5, 0.6) is 0 Å². The molecule has 0 fully saturated rings. The third-order valence-electron chi connectivity index (χ3n) is 5.11. The maximum atomic E-state index is 12.6. The fourth-order valence-electron chi connectivity index (χ4n) is 3.53. The highest BCUT2D eigenvalue weighted by Crippen LogP contribution is 2.21. The SMILES string of the molecule is CC(=O)[C@H](Cc1ccccc1)NC(=O)COC(=O)c1cc(C)n(-c2ccccc2)c1C. The highest BCUT2D eigenvalue weighted by atomic mass is 16.5. The van der Waals surface area contributed by atoms with E-state index in [-0.39, 0.29) is 5.78 Å². The number of carbonyl (C=O) groups is 3. The molecular weight excluding hydrogens is 392 g/mol. The van der Waals surface area contributed by atoms with E-state index in [1.807, 2.05) is 79.1 Å². The van der Waals surface area contributed by atoms with Crippen LogP contribution < -0.4 is 5.32 Å². The van der Waals surface area contributed by atoms with Crippen molar-refractivity contribution in [2.24, 2.45) is 0 Å². The van der Waals surface area contributed by atoms with Gasteiger partial charge in [0, 0.05) is 17.1 Å². The minimum atomic E-state index is -0.670. The highest BCUT2D eigenvalue weighted by Gasteiger charge is 2.21. The smallest absolute Gasteiger partial charge is 0.340 e. The predicted molar refractivity (Wildman–Crippen MR) is 118 cm³/mol. The van der Waals surface area contributed by atoms with Crippen molar-refractivity contribution in [3.8, 4) is 5.69 Å². The number of esters is 1. The number of ketones is 1. The number of nitrogens with one attached hydrogen (secondary N) is 1. The Labute approximate surface area is 181 Å². The van der Waals surface area contributed by atoms with E-state index in [4.69, 9.17) is 4.74 Å². The fourth-order valence-corrected chi connectivity index (χ4v) is 3.53. The number of aryl methyl sites for hydroxylation is 1. The monoisotopic (exact) mass is 418 g/mol. The van der Waals surface area contributed by atoms with Gasteiger partial charge in [-0.2, -0.15) is 0 Å². The third-order valence-corrected chi connectivity index (χ3v) is 5.11. The van der Waals surface area contributed by atoms with Gasteiger partial charge in [0.25, 0.3) is 5.91 Å². The van der Waals surface area contributed by atoms with E-state index in [1.54, 1.807) is 6.07 Å². The molecule has 1 amide bonds. The molecule has 31 heavy (non-hydrogen) atoms. The first-order valence-electron chi connectivity index (χ1n) is 10.1. The second-order valence-electron chi connectivity index (χ2n) is 7.45. The van der Waals surface area contributed by atoms with Crippen LogP contribution in [-0.2, 0) is 20.7 Å². The van der Waals surface area contributed by atoms with Crippen LogP contribution in [0.1, 0.15) is 34.2 Å². The van der Waals surface area contributed by atoms with Crippen molar-refractivity contribution in [3.05, 3.63) is 89.2 Å². The van der Waals surface area contributed by atoms with E-state index in [9.17, 15) is 14.4 Å². The average Bonchev–Trinajstić information content (AvgIpc) is 3.06. The molecule has 0 spiro atoms. The molecule has 0 aliphatic rings. The van der Waals surface area contributed by atoms with Gasteiger partial charge in [0.05, 0.1) is 11.6 Å². The molecule has 160 valence electrons. The van der Waals surface area contributed by atoms with Crippen LogP contribution >= 0.6 is 0 Å². The summed E-state index contributed by atoms with van der Waals surface area (Å²) in [7, 11) is 0. The topological polar surface area (TPSA) is 77.4 Å². The van der Waals surface area contributed by atoms with E-state index in [1.165, 1.54) is 6.92 Å². The van der Waals surface area contributed by atoms with Gasteiger partial charge < -0.3 is 14.6 Å². The molecule has 2 aromatic carbocycles. The molecule has 3 aromatic rings. The van der Waals surface area contributed by atoms with Crippen molar-refractivity contribution in [2.45, 2.75) is 33.2 Å². The summed E-state index contributed by atoms with van der Waals surface area (Å²) >= 11 is 0. The first-order chi connectivity index (χ1) is 14.9. The van der Waals surface area contributed by atoms with Crippen LogP contribution in [-0.4, -0.2) is 34.9 Å². The van der Waals surface area contributed by atoms with Crippen molar-refractivity contribution in [2.75, 3.05) is 6.61 Å². The largest absolute Gasteiger partial charge is 0.452 e. The summed E-state index contributed by atoms with van der Waals surface area (Å²) < 4.78 is 7.19. The van der Waals surface area contributed by atoms with Gasteiger partial charge in [0.2, 0.25) is 0 Å². The molecule has 1 heterocycles. The lowest BCUT2D eigenvalue weighted by molar-refractivity contribution is -0.128. The van der Waals surface area contributed by atoms with Crippen molar-refractivity contribution in [3.63, 3.8) is 0 Å². The minimum absolute atomic E-state index is 0.157. The van der Waals surface area contributed by atoms with Crippen LogP contribution in [0.3, 0.4) is 0 Å². The standard InChI is InChI=1S/C25H26N2O4/c1-17-14-22(18(2)27(17)21-12-8-5-9-13-21)25(30)31-16-24(29)26-23(19(3)28)15-20-10-6-4-7-11-20/h4-14,23H,15-16H2,1-3H3,(H,26,29)/t23-/m0/s1. The van der Waals surface area contributed by atoms with Crippen LogP contribution in [0.2, 0.25) is 0 Å². The second-order valence-corrected chi connectivity index (χ2v) is 7.45. The summed E-state index contributed by atoms with van der Waals surface area (Å²) in [6.07, 6.45) is 0.383. The molecule has 1 atom stereocenters. The van der Waals surface area contributed by atoms with Crippen LogP contribution in [0.25, 0.3) is 5.69 Å². The van der Waals surface area contributed by atoms with Gasteiger partial charge in [-0.1, -0.05) is 48.5 Å². The summed E-state index contributed by atoms with van der Waals surface area (Å²) in [6, 6.07) is 20.2. The number of para-hydroxylation sites is 1. The second kappa shape index (κ2) is 9.89. The number of rotatable bonds is 8. The number of ether oxygens (including phenoxy) is 1. The molecule has 1 N–H and O–H groups in total. The molecular formula is C25H26N2O4. The van der Waals surface area contributed by atoms with Crippen LogP contribution in [0.15, 0.2) is 66.7 Å². The number of hydrogen-bond acceptors (Lipinski definition) is 4. The number of carbonyl (C=O) groups excluding carboxylic acids is 3. The summed E-state index contributed by atoms with van der Waals surface area (Å²) in [5.41, 5.74) is 3.91. The number of amides is 1. The Kier molecular flexibility index (Phi) is 7.03. The van der Waals surface area contributed by atoms with Crippen LogP contribution in [0.4, 0.5) is 0 Å². The lowest BCUT2D eigenvalue weighted by atomic mass is 10.0. The summed E-state index contributed by atoms with van der Waals surface area (Å²) in [5.74, 6) is -1.25.